The summed E-state index contributed by atoms with van der Waals surface area (Å²) in [5.74, 6) is -0.527. The van der Waals surface area contributed by atoms with Gasteiger partial charge in [-0.2, -0.15) is 22.7 Å². The standard InChI is InChI=1S/C35H39ClF4N8O3/c1-33(2,3)18-35(34(4)11-9-20(10-12-34)22-14-43-47(15-22)30(39)40)28(49)48(31(41)45-35)27(17-51-32(50)44-23-6-7-23)21-5-8-25(36)24(13-21)26-16-46(19-42-26)29(37)38/h5,8-11,13-16,19,23,27,29-30H,6-7,12,17-18H2,1-4H3,(H2,41,45)(H,44,50)/t27-,34?,35+/m1/s1. The summed E-state index contributed by atoms with van der Waals surface area (Å²) in [5, 5.41) is 6.74. The molecule has 1 saturated carbocycles. The highest BCUT2D eigenvalue weighted by atomic mass is 35.5. The fourth-order valence-electron chi connectivity index (χ4n) is 6.64. The van der Waals surface area contributed by atoms with E-state index in [-0.39, 0.29) is 35.7 Å². The molecule has 1 aliphatic heterocycles. The normalized spacial score (nSPS) is 22.8. The molecule has 3 aromatic rings. The zero-order chi connectivity index (χ0) is 36.9. The predicted octanol–water partition coefficient (Wildman–Crippen LogP) is 7.50. The van der Waals surface area contributed by atoms with Crippen molar-refractivity contribution < 1.29 is 31.9 Å². The third-order valence-electron chi connectivity index (χ3n) is 9.43. The number of imidazole rings is 1. The van der Waals surface area contributed by atoms with Crippen LogP contribution in [0.3, 0.4) is 0 Å². The number of nitrogens with one attached hydrogen (secondary N) is 1. The number of allylic oxidation sites excluding steroid dienone is 3. The monoisotopic (exact) mass is 730 g/mol. The fraction of sp³-hybridized carbons (Fsp3) is 0.457. The number of aliphatic imine (C=N–C) groups is 1. The molecule has 2 amide bonds. The number of ether oxygens (including phenoxy) is 1. The Hall–Kier alpha value is -4.66. The molecule has 6 rings (SSSR count). The molecule has 3 heterocycles. The minimum atomic E-state index is -2.81. The van der Waals surface area contributed by atoms with E-state index in [4.69, 9.17) is 27.1 Å². The number of carbonyl (C=O) groups excluding carboxylic acids is 2. The summed E-state index contributed by atoms with van der Waals surface area (Å²) in [5.41, 5.74) is 6.00. The van der Waals surface area contributed by atoms with Crippen LogP contribution in [-0.4, -0.2) is 60.4 Å². The largest absolute Gasteiger partial charge is 0.447 e. The second-order valence-corrected chi connectivity index (χ2v) is 15.0. The summed E-state index contributed by atoms with van der Waals surface area (Å²) in [6.45, 7) is 1.94. The minimum Gasteiger partial charge on any atom is -0.447 e. The molecule has 1 aromatic carbocycles. The molecular formula is C35H39ClF4N8O3. The second kappa shape index (κ2) is 13.5. The zero-order valence-corrected chi connectivity index (χ0v) is 29.2. The van der Waals surface area contributed by atoms with Crippen LogP contribution in [0.1, 0.15) is 83.6 Å². The lowest BCUT2D eigenvalue weighted by atomic mass is 9.61. The maximum atomic E-state index is 15.1. The number of carbonyl (C=O) groups is 2. The van der Waals surface area contributed by atoms with Crippen molar-refractivity contribution in [3.63, 3.8) is 0 Å². The van der Waals surface area contributed by atoms with E-state index >= 15 is 4.79 Å². The van der Waals surface area contributed by atoms with Gasteiger partial charge in [0.25, 0.3) is 5.91 Å². The molecule has 16 heteroatoms. The number of alkyl halides is 4. The highest BCUT2D eigenvalue weighted by Crippen LogP contribution is 2.53. The lowest BCUT2D eigenvalue weighted by Crippen LogP contribution is -2.55. The Balaban J connectivity index is 1.38. The number of alkyl carbamates (subject to hydrolysis) is 1. The van der Waals surface area contributed by atoms with Crippen LogP contribution >= 0.6 is 11.6 Å². The number of aromatic nitrogens is 4. The first kappa shape index (κ1) is 36.1. The van der Waals surface area contributed by atoms with Gasteiger partial charge in [-0.15, -0.1) is 0 Å². The number of rotatable bonds is 11. The van der Waals surface area contributed by atoms with E-state index in [1.807, 2.05) is 39.8 Å². The first-order valence-electron chi connectivity index (χ1n) is 16.5. The van der Waals surface area contributed by atoms with Crippen LogP contribution in [0.2, 0.25) is 5.02 Å². The Morgan fingerprint density at radius 1 is 1.18 bits per heavy atom. The molecule has 2 aromatic heterocycles. The molecule has 0 radical (unpaired) electrons. The number of hydrogen-bond acceptors (Lipinski definition) is 7. The van der Waals surface area contributed by atoms with E-state index in [0.717, 1.165) is 25.4 Å². The maximum Gasteiger partial charge on any atom is 0.407 e. The van der Waals surface area contributed by atoms with Crippen LogP contribution in [0.5, 0.6) is 0 Å². The van der Waals surface area contributed by atoms with Gasteiger partial charge in [-0.3, -0.25) is 14.3 Å². The van der Waals surface area contributed by atoms with Gasteiger partial charge >= 0.3 is 19.2 Å². The van der Waals surface area contributed by atoms with E-state index in [0.29, 0.717) is 37.9 Å². The third-order valence-corrected chi connectivity index (χ3v) is 9.76. The molecule has 51 heavy (non-hydrogen) atoms. The molecule has 1 fully saturated rings. The second-order valence-electron chi connectivity index (χ2n) is 14.6. The quantitative estimate of drug-likeness (QED) is 0.197. The minimum absolute atomic E-state index is 0.0169. The SMILES string of the molecule is CC(C)(C)C[C@]1(C2(C)C=CC(c3cnn(C(F)F)c3)=CC2)N=C(N)N([C@H](COC(=O)NC2CC2)c2ccc(Cl)c(-c3cn(C(F)F)cn3)c2)C1=O. The number of guanidine groups is 1. The summed E-state index contributed by atoms with van der Waals surface area (Å²) in [6.07, 6.45) is 11.9. The number of amides is 2. The van der Waals surface area contributed by atoms with Gasteiger partial charge in [-0.1, -0.05) is 63.6 Å². The third kappa shape index (κ3) is 7.26. The Bertz CT molecular complexity index is 1910. The zero-order valence-electron chi connectivity index (χ0n) is 28.5. The Morgan fingerprint density at radius 3 is 2.51 bits per heavy atom. The van der Waals surface area contributed by atoms with Crippen LogP contribution in [0.4, 0.5) is 22.4 Å². The topological polar surface area (TPSA) is 133 Å². The van der Waals surface area contributed by atoms with Crippen LogP contribution in [0.25, 0.3) is 16.8 Å². The van der Waals surface area contributed by atoms with Crippen molar-refractivity contribution in [1.29, 1.82) is 0 Å². The molecule has 11 nitrogen and oxygen atoms in total. The number of nitrogens with zero attached hydrogens (tertiary/aromatic N) is 6. The van der Waals surface area contributed by atoms with Gasteiger partial charge in [-0.05, 0) is 54.4 Å². The lowest BCUT2D eigenvalue weighted by molar-refractivity contribution is -0.138. The van der Waals surface area contributed by atoms with Crippen molar-refractivity contribution in [3.05, 3.63) is 77.5 Å². The molecular weight excluding hydrogens is 692 g/mol. The van der Waals surface area contributed by atoms with Gasteiger partial charge in [0.05, 0.1) is 29.3 Å². The van der Waals surface area contributed by atoms with Gasteiger partial charge in [0.15, 0.2) is 11.5 Å². The lowest BCUT2D eigenvalue weighted by Gasteiger charge is -2.45. The summed E-state index contributed by atoms with van der Waals surface area (Å²) in [4.78, 5) is 38.2. The van der Waals surface area contributed by atoms with Gasteiger partial charge in [-0.25, -0.2) is 19.5 Å². The average Bonchev–Trinajstić information content (AvgIpc) is 3.42. The van der Waals surface area contributed by atoms with Crippen molar-refractivity contribution in [2.75, 3.05) is 6.61 Å². The van der Waals surface area contributed by atoms with Crippen LogP contribution in [0.15, 0.2) is 66.3 Å². The molecule has 272 valence electrons. The number of nitrogens with two attached hydrogens (primary N) is 1. The first-order chi connectivity index (χ1) is 24.0. The Labute approximate surface area is 297 Å². The summed E-state index contributed by atoms with van der Waals surface area (Å²) >= 11 is 6.53. The van der Waals surface area contributed by atoms with Crippen molar-refractivity contribution in [1.82, 2.24) is 29.5 Å². The molecule has 3 N–H and O–H groups in total. The smallest absolute Gasteiger partial charge is 0.407 e. The average molecular weight is 731 g/mol. The van der Waals surface area contributed by atoms with Crippen LogP contribution in [-0.2, 0) is 9.53 Å². The molecule has 2 aliphatic carbocycles. The van der Waals surface area contributed by atoms with E-state index < -0.39 is 47.5 Å². The molecule has 0 spiro atoms. The maximum absolute atomic E-state index is 15.1. The summed E-state index contributed by atoms with van der Waals surface area (Å²) in [6, 6.07) is 3.82. The van der Waals surface area contributed by atoms with Gasteiger partial charge in [0.1, 0.15) is 6.61 Å². The number of halogens is 5. The molecule has 3 aliphatic rings. The predicted molar refractivity (Wildman–Crippen MR) is 183 cm³/mol. The van der Waals surface area contributed by atoms with E-state index in [1.54, 1.807) is 24.3 Å². The first-order valence-corrected chi connectivity index (χ1v) is 16.8. The van der Waals surface area contributed by atoms with E-state index in [1.165, 1.54) is 17.3 Å². The number of hydrogen-bond donors (Lipinski definition) is 2. The van der Waals surface area contributed by atoms with Gasteiger partial charge in [0.2, 0.25) is 0 Å². The van der Waals surface area contributed by atoms with Gasteiger partial charge in [0, 0.05) is 35.0 Å². The highest BCUT2D eigenvalue weighted by molar-refractivity contribution is 6.33. The molecule has 1 unspecified atom stereocenters. The Kier molecular flexibility index (Phi) is 9.55. The van der Waals surface area contributed by atoms with Crippen molar-refractivity contribution >= 4 is 35.1 Å². The molecule has 0 bridgehead atoms. The Morgan fingerprint density at radius 2 is 1.92 bits per heavy atom. The molecule has 0 saturated heterocycles. The van der Waals surface area contributed by atoms with E-state index in [2.05, 4.69) is 15.4 Å². The highest BCUT2D eigenvalue weighted by Gasteiger charge is 2.60. The van der Waals surface area contributed by atoms with Crippen LogP contribution in [0, 0.1) is 10.8 Å². The number of benzene rings is 1. The van der Waals surface area contributed by atoms with Crippen molar-refractivity contribution in [3.8, 4) is 11.3 Å². The van der Waals surface area contributed by atoms with Crippen LogP contribution < -0.4 is 11.1 Å². The van der Waals surface area contributed by atoms with Crippen molar-refractivity contribution in [2.24, 2.45) is 21.6 Å². The molecule has 3 atom stereocenters. The summed E-state index contributed by atoms with van der Waals surface area (Å²) < 4.78 is 60.1. The van der Waals surface area contributed by atoms with Gasteiger partial charge < -0.3 is 15.8 Å². The van der Waals surface area contributed by atoms with E-state index in [9.17, 15) is 22.4 Å². The van der Waals surface area contributed by atoms with Crippen molar-refractivity contribution in [2.45, 2.75) is 84.1 Å². The summed E-state index contributed by atoms with van der Waals surface area (Å²) in [7, 11) is 0. The fourth-order valence-corrected chi connectivity index (χ4v) is 6.86.